The van der Waals surface area contributed by atoms with Crippen molar-refractivity contribution in [3.63, 3.8) is 0 Å². The van der Waals surface area contributed by atoms with Gasteiger partial charge in [-0.05, 0) is 37.0 Å². The highest BCUT2D eigenvalue weighted by atomic mass is 127. The van der Waals surface area contributed by atoms with Crippen molar-refractivity contribution < 1.29 is 5.11 Å². The number of likely N-dealkylation sites (tertiary alicyclic amines) is 1. The Labute approximate surface area is 189 Å². The average molecular weight is 518 g/mol. The molecular weight excluding hydrogens is 489 g/mol. The lowest BCUT2D eigenvalue weighted by atomic mass is 9.93. The highest BCUT2D eigenvalue weighted by Gasteiger charge is 2.29. The van der Waals surface area contributed by atoms with Crippen LogP contribution in [0.2, 0.25) is 5.02 Å². The highest BCUT2D eigenvalue weighted by Crippen LogP contribution is 2.27. The van der Waals surface area contributed by atoms with Crippen molar-refractivity contribution >= 4 is 41.5 Å². The van der Waals surface area contributed by atoms with E-state index in [4.69, 9.17) is 16.6 Å². The molecule has 2 aromatic rings. The first kappa shape index (κ1) is 23.0. The number of imidazole rings is 1. The molecule has 1 aromatic carbocycles. The Morgan fingerprint density at radius 1 is 1.46 bits per heavy atom. The third-order valence-electron chi connectivity index (χ3n) is 5.11. The first-order valence-corrected chi connectivity index (χ1v) is 9.90. The minimum atomic E-state index is -0.675. The Kier molecular flexibility index (Phi) is 9.04. The van der Waals surface area contributed by atoms with Crippen LogP contribution < -0.4 is 5.32 Å². The summed E-state index contributed by atoms with van der Waals surface area (Å²) in [5.74, 6) is 1.42. The molecule has 0 spiro atoms. The van der Waals surface area contributed by atoms with Gasteiger partial charge in [0.1, 0.15) is 0 Å². The van der Waals surface area contributed by atoms with E-state index in [-0.39, 0.29) is 24.0 Å². The number of aliphatic hydroxyl groups excluding tert-OH is 1. The van der Waals surface area contributed by atoms with Crippen LogP contribution in [0.4, 0.5) is 0 Å². The first-order valence-electron chi connectivity index (χ1n) is 9.52. The largest absolute Gasteiger partial charge is 0.386 e. The number of benzene rings is 1. The standard InChI is InChI=1S/C20H28ClN5O.HI/c1-3-23-20(24-12-19(27)16-5-4-6-17(21)11-16)25-9-7-15(2)18(13-25)26-10-8-22-14-26;/h4-6,8,10-11,14-15,18-19,27H,3,7,9,12-13H2,1-2H3,(H,23,24);1H. The molecule has 1 aliphatic rings. The fraction of sp³-hybridized carbons (Fsp3) is 0.500. The lowest BCUT2D eigenvalue weighted by Gasteiger charge is -2.39. The van der Waals surface area contributed by atoms with Crippen molar-refractivity contribution in [3.8, 4) is 0 Å². The van der Waals surface area contributed by atoms with E-state index in [9.17, 15) is 5.11 Å². The number of guanidine groups is 1. The Morgan fingerprint density at radius 3 is 2.96 bits per heavy atom. The molecular formula is C20H29ClIN5O. The van der Waals surface area contributed by atoms with Gasteiger partial charge in [-0.15, -0.1) is 24.0 Å². The smallest absolute Gasteiger partial charge is 0.194 e. The molecule has 6 nitrogen and oxygen atoms in total. The third kappa shape index (κ3) is 5.84. The molecule has 3 unspecified atom stereocenters. The van der Waals surface area contributed by atoms with Gasteiger partial charge in [-0.2, -0.15) is 0 Å². The fourth-order valence-electron chi connectivity index (χ4n) is 3.51. The number of hydrogen-bond donors (Lipinski definition) is 2. The fourth-order valence-corrected chi connectivity index (χ4v) is 3.71. The molecule has 154 valence electrons. The average Bonchev–Trinajstić information content (AvgIpc) is 3.20. The molecule has 1 saturated heterocycles. The summed E-state index contributed by atoms with van der Waals surface area (Å²) in [6, 6.07) is 7.67. The summed E-state index contributed by atoms with van der Waals surface area (Å²) in [7, 11) is 0. The molecule has 3 atom stereocenters. The first-order chi connectivity index (χ1) is 13.1. The van der Waals surface area contributed by atoms with Crippen molar-refractivity contribution in [1.82, 2.24) is 19.8 Å². The zero-order valence-corrected chi connectivity index (χ0v) is 19.4. The van der Waals surface area contributed by atoms with Crippen LogP contribution >= 0.6 is 35.6 Å². The van der Waals surface area contributed by atoms with Gasteiger partial charge in [0.15, 0.2) is 5.96 Å². The molecule has 0 aliphatic carbocycles. The molecule has 1 aromatic heterocycles. The second-order valence-electron chi connectivity index (χ2n) is 7.05. The summed E-state index contributed by atoms with van der Waals surface area (Å²) >= 11 is 6.03. The Balaban J connectivity index is 0.00000280. The number of aliphatic hydroxyl groups is 1. The molecule has 0 bridgehead atoms. The summed E-state index contributed by atoms with van der Waals surface area (Å²) in [5, 5.41) is 14.5. The lowest BCUT2D eigenvalue weighted by Crippen LogP contribution is -2.49. The SMILES string of the molecule is CCNC(=NCC(O)c1cccc(Cl)c1)N1CCC(C)C(n2ccnc2)C1.I. The molecule has 2 N–H and O–H groups in total. The van der Waals surface area contributed by atoms with Crippen molar-refractivity contribution in [3.05, 3.63) is 53.6 Å². The number of hydrogen-bond acceptors (Lipinski definition) is 3. The number of rotatable bonds is 5. The normalized spacial score (nSPS) is 21.1. The Hall–Kier alpha value is -1.32. The van der Waals surface area contributed by atoms with Crippen LogP contribution in [-0.4, -0.2) is 51.7 Å². The predicted octanol–water partition coefficient (Wildman–Crippen LogP) is 3.74. The van der Waals surface area contributed by atoms with Crippen LogP contribution in [0.3, 0.4) is 0 Å². The zero-order valence-electron chi connectivity index (χ0n) is 16.3. The Morgan fingerprint density at radius 2 is 2.29 bits per heavy atom. The number of nitrogens with zero attached hydrogens (tertiary/aromatic N) is 4. The summed E-state index contributed by atoms with van der Waals surface area (Å²) in [4.78, 5) is 11.2. The highest BCUT2D eigenvalue weighted by molar-refractivity contribution is 14.0. The van der Waals surface area contributed by atoms with Gasteiger partial charge in [-0.3, -0.25) is 4.99 Å². The lowest BCUT2D eigenvalue weighted by molar-refractivity contribution is 0.179. The van der Waals surface area contributed by atoms with Crippen LogP contribution in [0.1, 0.15) is 38.0 Å². The van der Waals surface area contributed by atoms with Crippen molar-refractivity contribution in [1.29, 1.82) is 0 Å². The van der Waals surface area contributed by atoms with Gasteiger partial charge >= 0.3 is 0 Å². The van der Waals surface area contributed by atoms with Crippen LogP contribution in [0.25, 0.3) is 0 Å². The maximum Gasteiger partial charge on any atom is 0.194 e. The summed E-state index contributed by atoms with van der Waals surface area (Å²) in [5.41, 5.74) is 0.783. The maximum atomic E-state index is 10.5. The van der Waals surface area contributed by atoms with Gasteiger partial charge in [-0.25, -0.2) is 4.98 Å². The van der Waals surface area contributed by atoms with Crippen LogP contribution in [0, 0.1) is 5.92 Å². The monoisotopic (exact) mass is 517 g/mol. The predicted molar refractivity (Wildman–Crippen MR) is 124 cm³/mol. The van der Waals surface area contributed by atoms with E-state index in [1.54, 1.807) is 12.1 Å². The molecule has 0 amide bonds. The minimum Gasteiger partial charge on any atom is -0.386 e. The Bertz CT molecular complexity index is 755. The van der Waals surface area contributed by atoms with Gasteiger partial charge in [0.05, 0.1) is 25.0 Å². The molecule has 1 aliphatic heterocycles. The van der Waals surface area contributed by atoms with E-state index < -0.39 is 6.10 Å². The van der Waals surface area contributed by atoms with Gasteiger partial charge in [0, 0.05) is 37.1 Å². The number of aromatic nitrogens is 2. The van der Waals surface area contributed by atoms with E-state index in [0.29, 0.717) is 23.5 Å². The van der Waals surface area contributed by atoms with Gasteiger partial charge in [-0.1, -0.05) is 30.7 Å². The number of piperidine rings is 1. The van der Waals surface area contributed by atoms with Crippen molar-refractivity contribution in [2.24, 2.45) is 10.9 Å². The van der Waals surface area contributed by atoms with E-state index in [1.807, 2.05) is 30.9 Å². The van der Waals surface area contributed by atoms with Gasteiger partial charge < -0.3 is 19.9 Å². The van der Waals surface area contributed by atoms with E-state index in [2.05, 4.69) is 33.6 Å². The van der Waals surface area contributed by atoms with Crippen LogP contribution in [-0.2, 0) is 0 Å². The zero-order chi connectivity index (χ0) is 19.2. The van der Waals surface area contributed by atoms with Crippen LogP contribution in [0.15, 0.2) is 48.0 Å². The molecule has 0 radical (unpaired) electrons. The number of nitrogens with one attached hydrogen (secondary N) is 1. The van der Waals surface area contributed by atoms with Gasteiger partial charge in [0.25, 0.3) is 0 Å². The minimum absolute atomic E-state index is 0. The molecule has 0 saturated carbocycles. The summed E-state index contributed by atoms with van der Waals surface area (Å²) in [6.45, 7) is 7.25. The van der Waals surface area contributed by atoms with E-state index in [0.717, 1.165) is 37.6 Å². The molecule has 28 heavy (non-hydrogen) atoms. The second-order valence-corrected chi connectivity index (χ2v) is 7.49. The van der Waals surface area contributed by atoms with E-state index >= 15 is 0 Å². The van der Waals surface area contributed by atoms with Gasteiger partial charge in [0.2, 0.25) is 0 Å². The molecule has 2 heterocycles. The van der Waals surface area contributed by atoms with Crippen molar-refractivity contribution in [2.75, 3.05) is 26.2 Å². The number of halogens is 2. The molecule has 3 rings (SSSR count). The summed E-state index contributed by atoms with van der Waals surface area (Å²) < 4.78 is 2.18. The molecule has 1 fully saturated rings. The second kappa shape index (κ2) is 11.0. The van der Waals surface area contributed by atoms with E-state index in [1.165, 1.54) is 0 Å². The van der Waals surface area contributed by atoms with Crippen LogP contribution in [0.5, 0.6) is 0 Å². The summed E-state index contributed by atoms with van der Waals surface area (Å²) in [6.07, 6.45) is 6.15. The quantitative estimate of drug-likeness (QED) is 0.360. The van der Waals surface area contributed by atoms with Crippen molar-refractivity contribution in [2.45, 2.75) is 32.4 Å². The topological polar surface area (TPSA) is 65.7 Å². The molecule has 8 heteroatoms. The number of aliphatic imine (C=N–C) groups is 1. The maximum absolute atomic E-state index is 10.5. The third-order valence-corrected chi connectivity index (χ3v) is 5.34.